The number of piperidine rings is 1. The van der Waals surface area contributed by atoms with Gasteiger partial charge in [0.15, 0.2) is 0 Å². The zero-order valence-corrected chi connectivity index (χ0v) is 28.0. The van der Waals surface area contributed by atoms with Gasteiger partial charge >= 0.3 is 5.97 Å². The van der Waals surface area contributed by atoms with Crippen LogP contribution in [0, 0.1) is 5.82 Å². The number of benzene rings is 2. The number of hydrogen-bond acceptors (Lipinski definition) is 9. The fraction of sp³-hybridized carbons (Fsp3) is 0.441. The lowest BCUT2D eigenvalue weighted by atomic mass is 9.88. The lowest BCUT2D eigenvalue weighted by molar-refractivity contribution is -0.141. The average molecular weight is 664 g/mol. The van der Waals surface area contributed by atoms with E-state index in [0.717, 1.165) is 39.3 Å². The summed E-state index contributed by atoms with van der Waals surface area (Å²) in [5, 5.41) is 13.0. The summed E-state index contributed by atoms with van der Waals surface area (Å²) < 4.78 is 23.1. The number of halogens is 1. The first-order valence-electron chi connectivity index (χ1n) is 15.7. The number of carbonyl (C=O) groups is 5. The number of aldehydes is 1. The molecule has 0 saturated carbocycles. The van der Waals surface area contributed by atoms with E-state index in [0.29, 0.717) is 31.5 Å². The molecule has 5 rings (SSSR count). The monoisotopic (exact) mass is 663 g/mol. The van der Waals surface area contributed by atoms with Crippen molar-refractivity contribution in [3.63, 3.8) is 0 Å². The molecule has 14 heteroatoms. The number of fused-ring (bicyclic) bond motifs is 2. The number of amides is 2. The van der Waals surface area contributed by atoms with E-state index < -0.39 is 5.97 Å². The lowest BCUT2D eigenvalue weighted by Crippen LogP contribution is -2.38. The first-order valence-corrected chi connectivity index (χ1v) is 15.7. The Morgan fingerprint density at radius 3 is 2.46 bits per heavy atom. The van der Waals surface area contributed by atoms with Gasteiger partial charge in [0.2, 0.25) is 11.8 Å². The van der Waals surface area contributed by atoms with Gasteiger partial charge < -0.3 is 29.4 Å². The largest absolute Gasteiger partial charge is 0.468 e. The summed E-state index contributed by atoms with van der Waals surface area (Å²) in [5.74, 6) is -0.917. The third-order valence-corrected chi connectivity index (χ3v) is 8.22. The SMILES string of the molecule is CC(=O)CCC(=O)N1CCC(c2nn(CC=O)c3cccc(-c4cc5c(cnn5C)cc4F)c23)CC1.COC(=O)CNC(=O)CN(C)C. The molecule has 13 nitrogen and oxygen atoms in total. The number of ether oxygens (including phenoxy) is 1. The Labute approximate surface area is 278 Å². The van der Waals surface area contributed by atoms with Crippen LogP contribution in [-0.4, -0.2) is 107 Å². The van der Waals surface area contributed by atoms with E-state index in [9.17, 15) is 24.0 Å². The number of esters is 1. The van der Waals surface area contributed by atoms with E-state index in [1.54, 1.807) is 39.5 Å². The molecule has 0 aliphatic carbocycles. The predicted molar refractivity (Wildman–Crippen MR) is 178 cm³/mol. The van der Waals surface area contributed by atoms with E-state index in [1.807, 2.05) is 31.3 Å². The van der Waals surface area contributed by atoms with Crippen molar-refractivity contribution in [3.8, 4) is 11.1 Å². The van der Waals surface area contributed by atoms with E-state index in [-0.39, 0.29) is 61.8 Å². The van der Waals surface area contributed by atoms with Crippen LogP contribution in [0.2, 0.25) is 0 Å². The number of aromatic nitrogens is 4. The number of likely N-dealkylation sites (N-methyl/N-ethyl adjacent to an activating group) is 1. The van der Waals surface area contributed by atoms with Crippen LogP contribution in [0.15, 0.2) is 36.5 Å². The highest BCUT2D eigenvalue weighted by Crippen LogP contribution is 2.39. The zero-order chi connectivity index (χ0) is 35.0. The second-order valence-electron chi connectivity index (χ2n) is 12.0. The molecule has 48 heavy (non-hydrogen) atoms. The fourth-order valence-electron chi connectivity index (χ4n) is 5.79. The molecular formula is C34H42FN7O6. The molecule has 0 radical (unpaired) electrons. The number of carbonyl (C=O) groups excluding carboxylic acids is 5. The van der Waals surface area contributed by atoms with Gasteiger partial charge in [-0.25, -0.2) is 4.39 Å². The molecular weight excluding hydrogens is 621 g/mol. The summed E-state index contributed by atoms with van der Waals surface area (Å²) in [6, 6.07) is 8.95. The van der Waals surface area contributed by atoms with Crippen LogP contribution in [-0.2, 0) is 42.3 Å². The normalized spacial score (nSPS) is 13.4. The minimum atomic E-state index is -0.442. The van der Waals surface area contributed by atoms with Crippen LogP contribution in [0.5, 0.6) is 0 Å². The smallest absolute Gasteiger partial charge is 0.325 e. The van der Waals surface area contributed by atoms with Gasteiger partial charge in [0.25, 0.3) is 0 Å². The highest BCUT2D eigenvalue weighted by molar-refractivity contribution is 5.99. The van der Waals surface area contributed by atoms with Crippen molar-refractivity contribution in [1.82, 2.24) is 34.7 Å². The quantitative estimate of drug-likeness (QED) is 0.189. The molecule has 0 bridgehead atoms. The molecule has 1 fully saturated rings. The molecule has 2 aromatic heterocycles. The molecule has 2 aromatic carbocycles. The highest BCUT2D eigenvalue weighted by atomic mass is 19.1. The molecule has 3 heterocycles. The van der Waals surface area contributed by atoms with Crippen molar-refractivity contribution < 1.29 is 33.1 Å². The maximum absolute atomic E-state index is 15.4. The van der Waals surface area contributed by atoms with Crippen LogP contribution in [0.3, 0.4) is 0 Å². The molecule has 1 aliphatic heterocycles. The van der Waals surface area contributed by atoms with Crippen molar-refractivity contribution >= 4 is 51.7 Å². The topological polar surface area (TPSA) is 149 Å². The molecule has 1 N–H and O–H groups in total. The van der Waals surface area contributed by atoms with E-state index >= 15 is 4.39 Å². The van der Waals surface area contributed by atoms with Gasteiger partial charge in [-0.1, -0.05) is 12.1 Å². The Balaban J connectivity index is 0.000000371. The molecule has 256 valence electrons. The number of hydrogen-bond donors (Lipinski definition) is 1. The van der Waals surface area contributed by atoms with Gasteiger partial charge in [-0.05, 0) is 57.6 Å². The number of aryl methyl sites for hydroxylation is 1. The molecule has 2 amide bonds. The van der Waals surface area contributed by atoms with E-state index in [1.165, 1.54) is 20.1 Å². The van der Waals surface area contributed by atoms with Crippen molar-refractivity contribution in [2.24, 2.45) is 7.05 Å². The van der Waals surface area contributed by atoms with Crippen molar-refractivity contribution in [2.75, 3.05) is 47.4 Å². The number of Topliss-reactive ketones (excluding diaryl/α,β-unsaturated/α-hetero) is 1. The summed E-state index contributed by atoms with van der Waals surface area (Å²) in [4.78, 5) is 60.1. The number of rotatable bonds is 11. The molecule has 0 unspecified atom stereocenters. The second-order valence-corrected chi connectivity index (χ2v) is 12.0. The molecule has 1 saturated heterocycles. The maximum atomic E-state index is 15.4. The van der Waals surface area contributed by atoms with Gasteiger partial charge in [-0.2, -0.15) is 10.2 Å². The van der Waals surface area contributed by atoms with Gasteiger partial charge in [0.05, 0.1) is 43.1 Å². The Hall–Kier alpha value is -4.98. The predicted octanol–water partition coefficient (Wildman–Crippen LogP) is 2.84. The van der Waals surface area contributed by atoms with Crippen molar-refractivity contribution in [3.05, 3.63) is 48.0 Å². The maximum Gasteiger partial charge on any atom is 0.325 e. The average Bonchev–Trinajstić information content (AvgIpc) is 3.61. The Bertz CT molecular complexity index is 1810. The zero-order valence-electron chi connectivity index (χ0n) is 28.0. The molecule has 4 aromatic rings. The Kier molecular flexibility index (Phi) is 12.1. The van der Waals surface area contributed by atoms with Crippen LogP contribution >= 0.6 is 0 Å². The summed E-state index contributed by atoms with van der Waals surface area (Å²) in [6.45, 7) is 2.94. The summed E-state index contributed by atoms with van der Waals surface area (Å²) in [7, 11) is 6.65. The third kappa shape index (κ3) is 8.68. The minimum absolute atomic E-state index is 0.00719. The molecule has 0 atom stereocenters. The van der Waals surface area contributed by atoms with Gasteiger partial charge in [0.1, 0.15) is 24.4 Å². The summed E-state index contributed by atoms with van der Waals surface area (Å²) in [6.07, 6.45) is 4.35. The summed E-state index contributed by atoms with van der Waals surface area (Å²) >= 11 is 0. The fourth-order valence-corrected chi connectivity index (χ4v) is 5.79. The van der Waals surface area contributed by atoms with Crippen LogP contribution in [0.1, 0.15) is 44.2 Å². The first kappa shape index (κ1) is 35.9. The number of likely N-dealkylation sites (tertiary alicyclic amines) is 1. The van der Waals surface area contributed by atoms with E-state index in [2.05, 4.69) is 15.2 Å². The second kappa shape index (κ2) is 16.2. The van der Waals surface area contributed by atoms with Crippen molar-refractivity contribution in [1.29, 1.82) is 0 Å². The lowest BCUT2D eigenvalue weighted by Gasteiger charge is -2.31. The van der Waals surface area contributed by atoms with Gasteiger partial charge in [-0.15, -0.1) is 0 Å². The van der Waals surface area contributed by atoms with Crippen LogP contribution < -0.4 is 5.32 Å². The first-order chi connectivity index (χ1) is 22.9. The van der Waals surface area contributed by atoms with E-state index in [4.69, 9.17) is 5.10 Å². The highest BCUT2D eigenvalue weighted by Gasteiger charge is 2.29. The van der Waals surface area contributed by atoms with Crippen LogP contribution in [0.25, 0.3) is 32.9 Å². The van der Waals surface area contributed by atoms with Crippen LogP contribution in [0.4, 0.5) is 4.39 Å². The molecule has 0 spiro atoms. The standard InChI is InChI=1S/C27H28FN5O3.C7H14N2O3/c1-17(35)6-7-25(36)32-10-8-18(9-11-32)27-26-20(4-3-5-23(26)33(30-27)12-13-34)21-15-24-19(14-22(21)28)16-29-31(24)2;1-9(2)5-6(10)8-4-7(11)12-3/h3-5,13-16,18H,6-12H2,1-2H3;4-5H2,1-3H3,(H,8,10). The van der Waals surface area contributed by atoms with Crippen molar-refractivity contribution in [2.45, 2.75) is 45.1 Å². The number of ketones is 1. The minimum Gasteiger partial charge on any atom is -0.468 e. The van der Waals surface area contributed by atoms with Gasteiger partial charge in [0, 0.05) is 55.2 Å². The number of methoxy groups -OCH3 is 1. The number of nitrogens with one attached hydrogen (secondary N) is 1. The Morgan fingerprint density at radius 1 is 1.08 bits per heavy atom. The van der Waals surface area contributed by atoms with Gasteiger partial charge in [-0.3, -0.25) is 23.7 Å². The molecule has 1 aliphatic rings. The third-order valence-electron chi connectivity index (χ3n) is 8.22. The summed E-state index contributed by atoms with van der Waals surface area (Å²) in [5.41, 5.74) is 3.60. The number of nitrogens with zero attached hydrogens (tertiary/aromatic N) is 6. The Morgan fingerprint density at radius 2 is 1.81 bits per heavy atom.